The average molecular weight is 310 g/mol. The summed E-state index contributed by atoms with van der Waals surface area (Å²) in [5, 5.41) is 10.2. The Balaban J connectivity index is 1.71. The molecule has 0 aliphatic rings. The van der Waals surface area contributed by atoms with Crippen molar-refractivity contribution in [2.45, 2.75) is 6.54 Å². The number of carbonyl (C=O) groups is 1. The van der Waals surface area contributed by atoms with Gasteiger partial charge in [0.05, 0.1) is 13.2 Å². The summed E-state index contributed by atoms with van der Waals surface area (Å²) in [4.78, 5) is 14.0. The predicted molar refractivity (Wildman–Crippen MR) is 84.2 cm³/mol. The molecule has 0 atom stereocenters. The second-order valence-electron chi connectivity index (χ2n) is 4.23. The minimum Gasteiger partial charge on any atom is -0.383 e. The highest BCUT2D eigenvalue weighted by molar-refractivity contribution is 7.14. The quantitative estimate of drug-likeness (QED) is 0.736. The van der Waals surface area contributed by atoms with Gasteiger partial charge in [0.15, 0.2) is 0 Å². The first kappa shape index (κ1) is 15.2. The van der Waals surface area contributed by atoms with E-state index in [9.17, 15) is 4.79 Å². The van der Waals surface area contributed by atoms with Crippen molar-refractivity contribution in [1.29, 1.82) is 0 Å². The van der Waals surface area contributed by atoms with E-state index >= 15 is 0 Å². The van der Waals surface area contributed by atoms with Crippen molar-refractivity contribution in [3.05, 3.63) is 33.8 Å². The van der Waals surface area contributed by atoms with Crippen molar-refractivity contribution in [3.8, 4) is 10.4 Å². The number of hydrogen-bond acceptors (Lipinski definition) is 5. The number of carbonyl (C=O) groups excluding carboxylic acids is 1. The van der Waals surface area contributed by atoms with E-state index in [0.29, 0.717) is 26.2 Å². The van der Waals surface area contributed by atoms with Gasteiger partial charge in [-0.2, -0.15) is 0 Å². The summed E-state index contributed by atoms with van der Waals surface area (Å²) in [5.41, 5.74) is 1.26. The second-order valence-corrected chi connectivity index (χ2v) is 6.17. The first-order valence-electron chi connectivity index (χ1n) is 6.37. The SMILES string of the molecule is COCCNC(=O)CNCc1cc(-c2cccs2)cs1. The van der Waals surface area contributed by atoms with Crippen LogP contribution in [0.3, 0.4) is 0 Å². The highest BCUT2D eigenvalue weighted by atomic mass is 32.1. The molecule has 0 saturated carbocycles. The van der Waals surface area contributed by atoms with Crippen LogP contribution in [0.15, 0.2) is 29.0 Å². The van der Waals surface area contributed by atoms with Gasteiger partial charge in [0.1, 0.15) is 0 Å². The minimum atomic E-state index is -0.00270. The Labute approximate surface area is 126 Å². The maximum Gasteiger partial charge on any atom is 0.234 e. The lowest BCUT2D eigenvalue weighted by molar-refractivity contribution is -0.120. The fourth-order valence-corrected chi connectivity index (χ4v) is 3.34. The summed E-state index contributed by atoms with van der Waals surface area (Å²) in [6, 6.07) is 6.35. The van der Waals surface area contributed by atoms with Crippen LogP contribution in [-0.2, 0) is 16.1 Å². The molecule has 0 aliphatic carbocycles. The van der Waals surface area contributed by atoms with Gasteiger partial charge in [-0.3, -0.25) is 4.79 Å². The van der Waals surface area contributed by atoms with E-state index < -0.39 is 0 Å². The molecule has 2 rings (SSSR count). The van der Waals surface area contributed by atoms with Gasteiger partial charge in [-0.05, 0) is 22.9 Å². The fourth-order valence-electron chi connectivity index (χ4n) is 1.70. The molecule has 1 amide bonds. The molecule has 0 spiro atoms. The first-order chi connectivity index (χ1) is 9.79. The zero-order valence-corrected chi connectivity index (χ0v) is 13.0. The lowest BCUT2D eigenvalue weighted by Gasteiger charge is -2.05. The van der Waals surface area contributed by atoms with E-state index in [-0.39, 0.29) is 5.91 Å². The highest BCUT2D eigenvalue weighted by Gasteiger charge is 2.04. The van der Waals surface area contributed by atoms with Crippen LogP contribution in [-0.4, -0.2) is 32.7 Å². The van der Waals surface area contributed by atoms with Crippen LogP contribution in [0.5, 0.6) is 0 Å². The van der Waals surface area contributed by atoms with Crippen LogP contribution in [0.1, 0.15) is 4.88 Å². The van der Waals surface area contributed by atoms with Crippen molar-refractivity contribution in [2.75, 3.05) is 26.8 Å². The monoisotopic (exact) mass is 310 g/mol. The molecule has 20 heavy (non-hydrogen) atoms. The fraction of sp³-hybridized carbons (Fsp3) is 0.357. The Morgan fingerprint density at radius 2 is 2.30 bits per heavy atom. The van der Waals surface area contributed by atoms with Crippen molar-refractivity contribution < 1.29 is 9.53 Å². The standard InChI is InChI=1S/C14H18N2O2S2/c1-18-5-4-16-14(17)9-15-8-12-7-11(10-20-12)13-3-2-6-19-13/h2-3,6-7,10,15H,4-5,8-9H2,1H3,(H,16,17). The van der Waals surface area contributed by atoms with E-state index in [4.69, 9.17) is 4.74 Å². The smallest absolute Gasteiger partial charge is 0.234 e. The molecule has 0 aliphatic heterocycles. The lowest BCUT2D eigenvalue weighted by Crippen LogP contribution is -2.35. The summed E-state index contributed by atoms with van der Waals surface area (Å²) in [6.07, 6.45) is 0. The summed E-state index contributed by atoms with van der Waals surface area (Å²) in [7, 11) is 1.62. The molecule has 4 nitrogen and oxygen atoms in total. The molecular weight excluding hydrogens is 292 g/mol. The third-order valence-corrected chi connectivity index (χ3v) is 4.53. The maximum atomic E-state index is 11.5. The first-order valence-corrected chi connectivity index (χ1v) is 8.13. The molecule has 108 valence electrons. The van der Waals surface area contributed by atoms with Gasteiger partial charge in [0.2, 0.25) is 5.91 Å². The van der Waals surface area contributed by atoms with Crippen LogP contribution in [0.2, 0.25) is 0 Å². The van der Waals surface area contributed by atoms with Gasteiger partial charge in [-0.25, -0.2) is 0 Å². The Kier molecular flexibility index (Phi) is 6.20. The van der Waals surface area contributed by atoms with E-state index in [0.717, 1.165) is 0 Å². The largest absolute Gasteiger partial charge is 0.383 e. The van der Waals surface area contributed by atoms with Crippen molar-refractivity contribution >= 4 is 28.6 Å². The van der Waals surface area contributed by atoms with Gasteiger partial charge in [0, 0.05) is 35.5 Å². The topological polar surface area (TPSA) is 50.4 Å². The Bertz CT molecular complexity index is 523. The van der Waals surface area contributed by atoms with Crippen molar-refractivity contribution in [3.63, 3.8) is 0 Å². The molecule has 2 heterocycles. The third kappa shape index (κ3) is 4.72. The number of methoxy groups -OCH3 is 1. The Hall–Kier alpha value is -1.21. The summed E-state index contributed by atoms with van der Waals surface area (Å²) in [5.74, 6) is -0.00270. The van der Waals surface area contributed by atoms with Gasteiger partial charge < -0.3 is 15.4 Å². The minimum absolute atomic E-state index is 0.00270. The number of rotatable bonds is 8. The van der Waals surface area contributed by atoms with Crippen LogP contribution >= 0.6 is 22.7 Å². The zero-order valence-electron chi connectivity index (χ0n) is 11.3. The van der Waals surface area contributed by atoms with Crippen molar-refractivity contribution in [2.24, 2.45) is 0 Å². The van der Waals surface area contributed by atoms with E-state index in [1.807, 2.05) is 0 Å². The molecule has 2 N–H and O–H groups in total. The van der Waals surface area contributed by atoms with Crippen LogP contribution in [0, 0.1) is 0 Å². The molecular formula is C14H18N2O2S2. The molecule has 0 unspecified atom stereocenters. The predicted octanol–water partition coefficient (Wildman–Crippen LogP) is 2.33. The molecule has 0 aromatic carbocycles. The highest BCUT2D eigenvalue weighted by Crippen LogP contribution is 2.29. The zero-order chi connectivity index (χ0) is 14.2. The van der Waals surface area contributed by atoms with Gasteiger partial charge in [0.25, 0.3) is 0 Å². The van der Waals surface area contributed by atoms with Crippen LogP contribution in [0.25, 0.3) is 10.4 Å². The summed E-state index contributed by atoms with van der Waals surface area (Å²) >= 11 is 3.45. The summed E-state index contributed by atoms with van der Waals surface area (Å²) < 4.78 is 4.87. The number of amides is 1. The number of ether oxygens (including phenoxy) is 1. The van der Waals surface area contributed by atoms with Gasteiger partial charge in [-0.1, -0.05) is 6.07 Å². The molecule has 0 saturated heterocycles. The average Bonchev–Trinajstić information content (AvgIpc) is 3.09. The summed E-state index contributed by atoms with van der Waals surface area (Å²) in [6.45, 7) is 2.14. The van der Waals surface area contributed by atoms with E-state index in [1.165, 1.54) is 15.3 Å². The second kappa shape index (κ2) is 8.16. The number of thiophene rings is 2. The Morgan fingerprint density at radius 3 is 3.05 bits per heavy atom. The van der Waals surface area contributed by atoms with Gasteiger partial charge in [-0.15, -0.1) is 22.7 Å². The van der Waals surface area contributed by atoms with E-state index in [2.05, 4.69) is 39.6 Å². The van der Waals surface area contributed by atoms with Crippen LogP contribution in [0.4, 0.5) is 0 Å². The normalized spacial score (nSPS) is 10.7. The van der Waals surface area contributed by atoms with Crippen LogP contribution < -0.4 is 10.6 Å². The Morgan fingerprint density at radius 1 is 1.40 bits per heavy atom. The molecule has 2 aromatic rings. The van der Waals surface area contributed by atoms with Gasteiger partial charge >= 0.3 is 0 Å². The molecule has 0 bridgehead atoms. The molecule has 6 heteroatoms. The lowest BCUT2D eigenvalue weighted by atomic mass is 10.2. The number of hydrogen-bond donors (Lipinski definition) is 2. The maximum absolute atomic E-state index is 11.5. The molecule has 0 radical (unpaired) electrons. The number of nitrogens with one attached hydrogen (secondary N) is 2. The van der Waals surface area contributed by atoms with E-state index in [1.54, 1.807) is 29.8 Å². The molecule has 0 fully saturated rings. The third-order valence-electron chi connectivity index (χ3n) is 2.67. The molecule has 2 aromatic heterocycles. The van der Waals surface area contributed by atoms with Crippen molar-refractivity contribution in [1.82, 2.24) is 10.6 Å².